The molecule has 0 bridgehead atoms. The highest BCUT2D eigenvalue weighted by atomic mass is 16.5. The Kier molecular flexibility index (Phi) is 8.96. The Bertz CT molecular complexity index is 870. The van der Waals surface area contributed by atoms with Gasteiger partial charge >= 0.3 is 0 Å². The maximum absolute atomic E-state index is 12.2. The van der Waals surface area contributed by atoms with Crippen molar-refractivity contribution in [3.05, 3.63) is 53.1 Å². The average Bonchev–Trinajstić information content (AvgIpc) is 2.76. The van der Waals surface area contributed by atoms with E-state index in [1.807, 2.05) is 24.3 Å². The first kappa shape index (κ1) is 23.0. The standard InChI is InChI=1S/C22H29N3O5/c1-28-11-9-16-4-6-18(17(12-16)22(23)27)25-14-21(26)24-10-8-15-5-7-19(29-2)20(13-15)30-3/h4-7,12-13,25H,8-11,14H2,1-3H3,(H2,23,27)(H,24,26). The third-order valence-corrected chi connectivity index (χ3v) is 4.57. The van der Waals surface area contributed by atoms with E-state index in [-0.39, 0.29) is 12.5 Å². The number of amides is 2. The molecule has 0 aliphatic heterocycles. The highest BCUT2D eigenvalue weighted by Gasteiger charge is 2.11. The number of nitrogens with two attached hydrogens (primary N) is 1. The molecule has 0 radical (unpaired) electrons. The van der Waals surface area contributed by atoms with Crippen LogP contribution in [0.15, 0.2) is 36.4 Å². The molecule has 8 nitrogen and oxygen atoms in total. The molecular formula is C22H29N3O5. The van der Waals surface area contributed by atoms with Crippen LogP contribution in [0.25, 0.3) is 0 Å². The van der Waals surface area contributed by atoms with Crippen molar-refractivity contribution in [2.24, 2.45) is 5.73 Å². The van der Waals surface area contributed by atoms with E-state index in [0.29, 0.717) is 48.7 Å². The number of rotatable bonds is 12. The van der Waals surface area contributed by atoms with Crippen LogP contribution in [0.4, 0.5) is 5.69 Å². The van der Waals surface area contributed by atoms with E-state index < -0.39 is 5.91 Å². The summed E-state index contributed by atoms with van der Waals surface area (Å²) in [6.07, 6.45) is 1.32. The Labute approximate surface area is 176 Å². The van der Waals surface area contributed by atoms with Crippen molar-refractivity contribution in [2.75, 3.05) is 46.3 Å². The van der Waals surface area contributed by atoms with E-state index in [2.05, 4.69) is 10.6 Å². The molecule has 2 aromatic carbocycles. The van der Waals surface area contributed by atoms with Crippen LogP contribution in [0, 0.1) is 0 Å². The fraction of sp³-hybridized carbons (Fsp3) is 0.364. The van der Waals surface area contributed by atoms with Crippen LogP contribution in [-0.2, 0) is 22.4 Å². The third-order valence-electron chi connectivity index (χ3n) is 4.57. The Balaban J connectivity index is 1.86. The van der Waals surface area contributed by atoms with Gasteiger partial charge < -0.3 is 30.6 Å². The molecule has 30 heavy (non-hydrogen) atoms. The van der Waals surface area contributed by atoms with Crippen LogP contribution in [0.5, 0.6) is 11.5 Å². The van der Waals surface area contributed by atoms with E-state index in [1.54, 1.807) is 33.5 Å². The van der Waals surface area contributed by atoms with Gasteiger partial charge in [-0.2, -0.15) is 0 Å². The van der Waals surface area contributed by atoms with Crippen molar-refractivity contribution in [1.29, 1.82) is 0 Å². The van der Waals surface area contributed by atoms with Crippen molar-refractivity contribution in [3.63, 3.8) is 0 Å². The smallest absolute Gasteiger partial charge is 0.250 e. The lowest BCUT2D eigenvalue weighted by atomic mass is 10.1. The second kappa shape index (κ2) is 11.7. The van der Waals surface area contributed by atoms with E-state index >= 15 is 0 Å². The van der Waals surface area contributed by atoms with Gasteiger partial charge in [0, 0.05) is 19.3 Å². The molecule has 2 aromatic rings. The monoisotopic (exact) mass is 415 g/mol. The minimum Gasteiger partial charge on any atom is -0.493 e. The summed E-state index contributed by atoms with van der Waals surface area (Å²) in [6, 6.07) is 11.0. The highest BCUT2D eigenvalue weighted by molar-refractivity contribution is 5.99. The zero-order valence-corrected chi connectivity index (χ0v) is 17.6. The van der Waals surface area contributed by atoms with Crippen molar-refractivity contribution >= 4 is 17.5 Å². The van der Waals surface area contributed by atoms with Gasteiger partial charge in [0.25, 0.3) is 5.91 Å². The van der Waals surface area contributed by atoms with Crippen LogP contribution < -0.4 is 25.8 Å². The number of carbonyl (C=O) groups is 2. The van der Waals surface area contributed by atoms with Gasteiger partial charge in [0.15, 0.2) is 11.5 Å². The third kappa shape index (κ3) is 6.66. The van der Waals surface area contributed by atoms with E-state index in [0.717, 1.165) is 11.1 Å². The molecule has 8 heteroatoms. The molecule has 0 aliphatic rings. The van der Waals surface area contributed by atoms with Crippen LogP contribution >= 0.6 is 0 Å². The molecule has 0 unspecified atom stereocenters. The molecule has 0 atom stereocenters. The first-order valence-corrected chi connectivity index (χ1v) is 9.61. The Hall–Kier alpha value is -3.26. The quantitative estimate of drug-likeness (QED) is 0.487. The first-order chi connectivity index (χ1) is 14.5. The largest absolute Gasteiger partial charge is 0.493 e. The first-order valence-electron chi connectivity index (χ1n) is 9.61. The summed E-state index contributed by atoms with van der Waals surface area (Å²) in [7, 11) is 4.79. The number of anilines is 1. The number of benzene rings is 2. The lowest BCUT2D eigenvalue weighted by Crippen LogP contribution is -2.32. The van der Waals surface area contributed by atoms with Crippen molar-refractivity contribution < 1.29 is 23.8 Å². The summed E-state index contributed by atoms with van der Waals surface area (Å²) in [5.74, 6) is 0.573. The van der Waals surface area contributed by atoms with Crippen LogP contribution in [0.1, 0.15) is 21.5 Å². The maximum atomic E-state index is 12.2. The van der Waals surface area contributed by atoms with E-state index in [1.165, 1.54) is 0 Å². The fourth-order valence-corrected chi connectivity index (χ4v) is 2.95. The summed E-state index contributed by atoms with van der Waals surface area (Å²) in [4.78, 5) is 23.9. The van der Waals surface area contributed by atoms with Gasteiger partial charge in [-0.3, -0.25) is 9.59 Å². The predicted molar refractivity (Wildman–Crippen MR) is 115 cm³/mol. The Morgan fingerprint density at radius 2 is 1.63 bits per heavy atom. The van der Waals surface area contributed by atoms with Crippen LogP contribution in [0.3, 0.4) is 0 Å². The van der Waals surface area contributed by atoms with Gasteiger partial charge in [0.2, 0.25) is 5.91 Å². The second-order valence-electron chi connectivity index (χ2n) is 6.63. The van der Waals surface area contributed by atoms with Gasteiger partial charge in [0.1, 0.15) is 0 Å². The number of ether oxygens (including phenoxy) is 3. The number of primary amides is 1. The summed E-state index contributed by atoms with van der Waals surface area (Å²) in [5.41, 5.74) is 8.31. The minimum absolute atomic E-state index is 0.0314. The van der Waals surface area contributed by atoms with Crippen molar-refractivity contribution in [1.82, 2.24) is 5.32 Å². The second-order valence-corrected chi connectivity index (χ2v) is 6.63. The molecule has 0 aliphatic carbocycles. The molecule has 0 aromatic heterocycles. The number of nitrogens with one attached hydrogen (secondary N) is 2. The Morgan fingerprint density at radius 1 is 0.933 bits per heavy atom. The summed E-state index contributed by atoms with van der Waals surface area (Å²) >= 11 is 0. The minimum atomic E-state index is -0.550. The number of hydrogen-bond acceptors (Lipinski definition) is 6. The van der Waals surface area contributed by atoms with Crippen molar-refractivity contribution in [3.8, 4) is 11.5 Å². The van der Waals surface area contributed by atoms with E-state index in [4.69, 9.17) is 19.9 Å². The highest BCUT2D eigenvalue weighted by Crippen LogP contribution is 2.27. The number of methoxy groups -OCH3 is 3. The average molecular weight is 415 g/mol. The molecule has 0 saturated carbocycles. The van der Waals surface area contributed by atoms with Crippen molar-refractivity contribution in [2.45, 2.75) is 12.8 Å². The van der Waals surface area contributed by atoms with Crippen LogP contribution in [-0.4, -0.2) is 52.8 Å². The molecule has 4 N–H and O–H groups in total. The van der Waals surface area contributed by atoms with Gasteiger partial charge in [-0.05, 0) is 48.2 Å². The van der Waals surface area contributed by atoms with Crippen LogP contribution in [0.2, 0.25) is 0 Å². The summed E-state index contributed by atoms with van der Waals surface area (Å²) in [5, 5.41) is 5.83. The maximum Gasteiger partial charge on any atom is 0.250 e. The summed E-state index contributed by atoms with van der Waals surface area (Å²) < 4.78 is 15.6. The fourth-order valence-electron chi connectivity index (χ4n) is 2.95. The number of hydrogen-bond donors (Lipinski definition) is 3. The van der Waals surface area contributed by atoms with Gasteiger partial charge in [-0.15, -0.1) is 0 Å². The van der Waals surface area contributed by atoms with Gasteiger partial charge in [0.05, 0.1) is 32.9 Å². The molecule has 162 valence electrons. The zero-order chi connectivity index (χ0) is 21.9. The number of carbonyl (C=O) groups excluding carboxylic acids is 2. The molecule has 0 saturated heterocycles. The molecular weight excluding hydrogens is 386 g/mol. The molecule has 2 amide bonds. The molecule has 0 spiro atoms. The molecule has 0 fully saturated rings. The van der Waals surface area contributed by atoms with Gasteiger partial charge in [-0.1, -0.05) is 12.1 Å². The lowest BCUT2D eigenvalue weighted by molar-refractivity contribution is -0.119. The lowest BCUT2D eigenvalue weighted by Gasteiger charge is -2.13. The SMILES string of the molecule is COCCc1ccc(NCC(=O)NCCc2ccc(OC)c(OC)c2)c(C(N)=O)c1. The zero-order valence-electron chi connectivity index (χ0n) is 17.6. The predicted octanol–water partition coefficient (Wildman–Crippen LogP) is 1.76. The Morgan fingerprint density at radius 3 is 2.30 bits per heavy atom. The normalized spacial score (nSPS) is 10.4. The van der Waals surface area contributed by atoms with E-state index in [9.17, 15) is 9.59 Å². The van der Waals surface area contributed by atoms with Gasteiger partial charge in [-0.25, -0.2) is 0 Å². The summed E-state index contributed by atoms with van der Waals surface area (Å²) in [6.45, 7) is 1.05. The molecule has 2 rings (SSSR count). The topological polar surface area (TPSA) is 112 Å². The molecule has 0 heterocycles.